The van der Waals surface area contributed by atoms with Crippen LogP contribution in [0.3, 0.4) is 0 Å². The number of thiazole rings is 1. The summed E-state index contributed by atoms with van der Waals surface area (Å²) in [5.74, 6) is 1.25. The van der Waals surface area contributed by atoms with Gasteiger partial charge in [-0.1, -0.05) is 13.8 Å². The van der Waals surface area contributed by atoms with Crippen molar-refractivity contribution in [3.05, 3.63) is 16.1 Å². The Kier molecular flexibility index (Phi) is 5.14. The summed E-state index contributed by atoms with van der Waals surface area (Å²) in [5.41, 5.74) is 1.19. The molecule has 122 valence electrons. The largest absolute Gasteiger partial charge is 0.342 e. The van der Waals surface area contributed by atoms with Gasteiger partial charge in [0.1, 0.15) is 0 Å². The third-order valence-corrected chi connectivity index (χ3v) is 5.86. The molecule has 3 heterocycles. The van der Waals surface area contributed by atoms with Gasteiger partial charge in [-0.05, 0) is 38.1 Å². The molecule has 0 spiro atoms. The van der Waals surface area contributed by atoms with Gasteiger partial charge in [-0.15, -0.1) is 11.3 Å². The average molecular weight is 321 g/mol. The van der Waals surface area contributed by atoms with Gasteiger partial charge in [0.15, 0.2) is 0 Å². The minimum Gasteiger partial charge on any atom is -0.342 e. The Bertz CT molecular complexity index is 508. The van der Waals surface area contributed by atoms with Crippen LogP contribution >= 0.6 is 11.3 Å². The molecular formula is C17H27N3OS. The molecule has 2 aliphatic rings. The van der Waals surface area contributed by atoms with Gasteiger partial charge in [0.2, 0.25) is 5.91 Å². The zero-order valence-electron chi connectivity index (χ0n) is 13.7. The Hall–Kier alpha value is -0.940. The molecule has 5 heteroatoms. The molecule has 0 aromatic carbocycles. The third-order valence-electron chi connectivity index (χ3n) is 4.84. The predicted octanol–water partition coefficient (Wildman–Crippen LogP) is 3.11. The molecule has 2 aliphatic heterocycles. The van der Waals surface area contributed by atoms with Crippen LogP contribution in [0.2, 0.25) is 0 Å². The van der Waals surface area contributed by atoms with Gasteiger partial charge in [-0.2, -0.15) is 0 Å². The van der Waals surface area contributed by atoms with Gasteiger partial charge in [0.25, 0.3) is 0 Å². The van der Waals surface area contributed by atoms with Crippen LogP contribution in [0.4, 0.5) is 0 Å². The number of piperidine rings is 1. The number of rotatable bonds is 4. The van der Waals surface area contributed by atoms with Crippen molar-refractivity contribution in [2.45, 2.75) is 63.8 Å². The first-order valence-electron chi connectivity index (χ1n) is 8.60. The molecule has 4 nitrogen and oxygen atoms in total. The second-order valence-electron chi connectivity index (χ2n) is 6.94. The molecular weight excluding hydrogens is 294 g/mol. The van der Waals surface area contributed by atoms with Crippen LogP contribution in [0.25, 0.3) is 0 Å². The maximum absolute atomic E-state index is 12.5. The fraction of sp³-hybridized carbons (Fsp3) is 0.765. The minimum atomic E-state index is 0.324. The van der Waals surface area contributed by atoms with Gasteiger partial charge in [0.05, 0.1) is 10.7 Å². The smallest absolute Gasteiger partial charge is 0.224 e. The number of likely N-dealkylation sites (tertiary alicyclic amines) is 1. The van der Waals surface area contributed by atoms with E-state index < -0.39 is 0 Å². The van der Waals surface area contributed by atoms with Crippen LogP contribution in [0, 0.1) is 0 Å². The summed E-state index contributed by atoms with van der Waals surface area (Å²) in [4.78, 5) is 19.4. The lowest BCUT2D eigenvalue weighted by Gasteiger charge is -2.32. The normalized spacial score (nSPS) is 25.9. The zero-order chi connectivity index (χ0) is 15.5. The highest BCUT2D eigenvalue weighted by Gasteiger charge is 2.28. The van der Waals surface area contributed by atoms with Gasteiger partial charge in [-0.25, -0.2) is 4.98 Å². The lowest BCUT2D eigenvalue weighted by molar-refractivity contribution is -0.132. The Morgan fingerprint density at radius 3 is 3.00 bits per heavy atom. The van der Waals surface area contributed by atoms with Crippen molar-refractivity contribution in [2.24, 2.45) is 0 Å². The van der Waals surface area contributed by atoms with Crippen LogP contribution in [0.15, 0.2) is 5.38 Å². The van der Waals surface area contributed by atoms with Crippen LogP contribution in [0.1, 0.15) is 68.5 Å². The van der Waals surface area contributed by atoms with Crippen LogP contribution in [-0.4, -0.2) is 41.5 Å². The van der Waals surface area contributed by atoms with Crippen LogP contribution in [0.5, 0.6) is 0 Å². The molecule has 1 amide bonds. The quantitative estimate of drug-likeness (QED) is 0.927. The van der Waals surface area contributed by atoms with Gasteiger partial charge in [0, 0.05) is 36.9 Å². The zero-order valence-corrected chi connectivity index (χ0v) is 14.5. The molecule has 2 unspecified atom stereocenters. The maximum Gasteiger partial charge on any atom is 0.224 e. The average Bonchev–Trinajstić information content (AvgIpc) is 3.18. The highest BCUT2D eigenvalue weighted by Crippen LogP contribution is 2.31. The molecule has 0 saturated carbocycles. The first-order valence-corrected chi connectivity index (χ1v) is 9.48. The molecule has 0 bridgehead atoms. The highest BCUT2D eigenvalue weighted by molar-refractivity contribution is 7.09. The second kappa shape index (κ2) is 7.09. The number of nitrogens with one attached hydrogen (secondary N) is 1. The summed E-state index contributed by atoms with van der Waals surface area (Å²) in [6, 6.07) is 0.403. The standard InChI is InChI=1S/C17H27N3OS/c1-12(2)15-11-22-17(19-15)13-5-4-8-20(10-13)16(21)9-14-6-3-7-18-14/h11-14,18H,3-10H2,1-2H3. The summed E-state index contributed by atoms with van der Waals surface area (Å²) in [5, 5.41) is 6.83. The first kappa shape index (κ1) is 15.9. The Balaban J connectivity index is 1.59. The molecule has 2 saturated heterocycles. The summed E-state index contributed by atoms with van der Waals surface area (Å²) in [7, 11) is 0. The molecule has 1 N–H and O–H groups in total. The number of nitrogens with zero attached hydrogens (tertiary/aromatic N) is 2. The van der Waals surface area contributed by atoms with E-state index >= 15 is 0 Å². The monoisotopic (exact) mass is 321 g/mol. The van der Waals surface area contributed by atoms with Crippen molar-refractivity contribution in [3.63, 3.8) is 0 Å². The van der Waals surface area contributed by atoms with E-state index in [4.69, 9.17) is 4.98 Å². The van der Waals surface area contributed by atoms with Crippen LogP contribution < -0.4 is 5.32 Å². The lowest BCUT2D eigenvalue weighted by atomic mass is 9.98. The topological polar surface area (TPSA) is 45.2 Å². The van der Waals surface area contributed by atoms with E-state index in [0.717, 1.165) is 38.9 Å². The summed E-state index contributed by atoms with van der Waals surface area (Å²) in [6.07, 6.45) is 5.29. The lowest BCUT2D eigenvalue weighted by Crippen LogP contribution is -2.41. The molecule has 2 fully saturated rings. The van der Waals surface area contributed by atoms with Gasteiger partial charge < -0.3 is 10.2 Å². The summed E-state index contributed by atoms with van der Waals surface area (Å²) >= 11 is 1.77. The number of amides is 1. The fourth-order valence-electron chi connectivity index (χ4n) is 3.43. The van der Waals surface area contributed by atoms with Crippen molar-refractivity contribution in [2.75, 3.05) is 19.6 Å². The van der Waals surface area contributed by atoms with Crippen molar-refractivity contribution >= 4 is 17.2 Å². The first-order chi connectivity index (χ1) is 10.6. The summed E-state index contributed by atoms with van der Waals surface area (Å²) < 4.78 is 0. The van der Waals surface area contributed by atoms with Gasteiger partial charge >= 0.3 is 0 Å². The second-order valence-corrected chi connectivity index (χ2v) is 7.83. The fourth-order valence-corrected chi connectivity index (χ4v) is 4.54. The van der Waals surface area contributed by atoms with E-state index in [1.165, 1.54) is 17.1 Å². The Labute approximate surface area is 137 Å². The van der Waals surface area contributed by atoms with E-state index in [0.29, 0.717) is 30.2 Å². The third kappa shape index (κ3) is 3.69. The molecule has 0 radical (unpaired) electrons. The van der Waals surface area contributed by atoms with E-state index in [2.05, 4.69) is 29.4 Å². The molecule has 22 heavy (non-hydrogen) atoms. The SMILES string of the molecule is CC(C)c1csc(C2CCCN(C(=O)CC3CCCN3)C2)n1. The minimum absolute atomic E-state index is 0.324. The van der Waals surface area contributed by atoms with Gasteiger partial charge in [-0.3, -0.25) is 4.79 Å². The van der Waals surface area contributed by atoms with E-state index in [1.807, 2.05) is 0 Å². The Morgan fingerprint density at radius 1 is 1.45 bits per heavy atom. The van der Waals surface area contributed by atoms with Crippen molar-refractivity contribution in [1.82, 2.24) is 15.2 Å². The number of carbonyl (C=O) groups is 1. The number of aromatic nitrogens is 1. The number of carbonyl (C=O) groups excluding carboxylic acids is 1. The molecule has 0 aliphatic carbocycles. The van der Waals surface area contributed by atoms with E-state index in [1.54, 1.807) is 11.3 Å². The van der Waals surface area contributed by atoms with Crippen molar-refractivity contribution < 1.29 is 4.79 Å². The number of hydrogen-bond acceptors (Lipinski definition) is 4. The van der Waals surface area contributed by atoms with Crippen LogP contribution in [-0.2, 0) is 4.79 Å². The van der Waals surface area contributed by atoms with Crippen molar-refractivity contribution in [1.29, 1.82) is 0 Å². The predicted molar refractivity (Wildman–Crippen MR) is 90.4 cm³/mol. The molecule has 2 atom stereocenters. The summed E-state index contributed by atoms with van der Waals surface area (Å²) in [6.45, 7) is 7.22. The molecule has 1 aromatic rings. The Morgan fingerprint density at radius 2 is 2.32 bits per heavy atom. The molecule has 1 aromatic heterocycles. The molecule has 3 rings (SSSR count). The van der Waals surface area contributed by atoms with E-state index in [9.17, 15) is 4.79 Å². The van der Waals surface area contributed by atoms with Crippen molar-refractivity contribution in [3.8, 4) is 0 Å². The van der Waals surface area contributed by atoms with E-state index in [-0.39, 0.29) is 0 Å². The maximum atomic E-state index is 12.5. The number of hydrogen-bond donors (Lipinski definition) is 1. The highest BCUT2D eigenvalue weighted by atomic mass is 32.1.